The van der Waals surface area contributed by atoms with Crippen molar-refractivity contribution in [3.63, 3.8) is 0 Å². The molecule has 1 heterocycles. The summed E-state index contributed by atoms with van der Waals surface area (Å²) in [5.41, 5.74) is 1.08. The van der Waals surface area contributed by atoms with Gasteiger partial charge in [-0.1, -0.05) is 25.0 Å². The number of nitrogens with one attached hydrogen (secondary N) is 1. The van der Waals surface area contributed by atoms with E-state index in [9.17, 15) is 9.59 Å². The number of carbonyl (C=O) groups is 2. The van der Waals surface area contributed by atoms with E-state index in [0.29, 0.717) is 6.54 Å². The summed E-state index contributed by atoms with van der Waals surface area (Å²) in [5, 5.41) is 11.4. The van der Waals surface area contributed by atoms with E-state index in [-0.39, 0.29) is 25.0 Å². The Balaban J connectivity index is 2.08. The number of carboxylic acids is 1. The van der Waals surface area contributed by atoms with Crippen molar-refractivity contribution in [1.82, 2.24) is 10.2 Å². The normalized spacial score (nSPS) is 18.1. The van der Waals surface area contributed by atoms with E-state index in [1.807, 2.05) is 29.2 Å². The summed E-state index contributed by atoms with van der Waals surface area (Å²) in [7, 11) is 1.63. The third kappa shape index (κ3) is 4.87. The van der Waals surface area contributed by atoms with Crippen molar-refractivity contribution >= 4 is 12.0 Å². The molecular weight excluding hydrogens is 296 g/mol. The Morgan fingerprint density at radius 2 is 2.00 bits per heavy atom. The molecule has 1 aliphatic heterocycles. The number of aliphatic carboxylic acids is 1. The molecule has 1 unspecified atom stereocenters. The van der Waals surface area contributed by atoms with Crippen molar-refractivity contribution in [1.29, 1.82) is 0 Å². The van der Waals surface area contributed by atoms with E-state index in [1.54, 1.807) is 7.11 Å². The first kappa shape index (κ1) is 17.1. The molecule has 23 heavy (non-hydrogen) atoms. The van der Waals surface area contributed by atoms with E-state index in [2.05, 4.69) is 5.32 Å². The minimum absolute atomic E-state index is 0.0215. The Kier molecular flexibility index (Phi) is 6.26. The summed E-state index contributed by atoms with van der Waals surface area (Å²) in [6, 6.07) is 7.63. The van der Waals surface area contributed by atoms with Crippen LogP contribution in [0, 0.1) is 0 Å². The molecule has 2 amide bonds. The molecule has 1 aromatic rings. The topological polar surface area (TPSA) is 78.9 Å². The number of nitrogens with zero attached hydrogens (tertiary/aromatic N) is 1. The lowest BCUT2D eigenvalue weighted by molar-refractivity contribution is -0.136. The number of carboxylic acid groups (broad SMARTS) is 1. The molecule has 0 saturated carbocycles. The summed E-state index contributed by atoms with van der Waals surface area (Å²) in [5.74, 6) is -0.118. The summed E-state index contributed by atoms with van der Waals surface area (Å²) in [6.45, 7) is 0.843. The molecular formula is C17H24N2O4. The molecule has 1 fully saturated rings. The molecule has 1 saturated heterocycles. The quantitative estimate of drug-likeness (QED) is 0.874. The average molecular weight is 320 g/mol. The van der Waals surface area contributed by atoms with Crippen LogP contribution in [-0.2, 0) is 4.79 Å². The van der Waals surface area contributed by atoms with Gasteiger partial charge in [-0.2, -0.15) is 0 Å². The van der Waals surface area contributed by atoms with Crippen molar-refractivity contribution in [3.8, 4) is 5.75 Å². The zero-order valence-electron chi connectivity index (χ0n) is 13.5. The second kappa shape index (κ2) is 8.41. The number of likely N-dealkylation sites (tertiary alicyclic amines) is 1. The van der Waals surface area contributed by atoms with Crippen molar-refractivity contribution in [2.75, 3.05) is 20.2 Å². The molecule has 126 valence electrons. The predicted molar refractivity (Wildman–Crippen MR) is 86.6 cm³/mol. The van der Waals surface area contributed by atoms with Crippen LogP contribution in [0.4, 0.5) is 4.79 Å². The van der Waals surface area contributed by atoms with Crippen molar-refractivity contribution in [3.05, 3.63) is 29.8 Å². The molecule has 1 atom stereocenters. The molecule has 0 aliphatic carbocycles. The van der Waals surface area contributed by atoms with Crippen molar-refractivity contribution in [2.45, 2.75) is 38.1 Å². The lowest BCUT2D eigenvalue weighted by Gasteiger charge is -2.30. The van der Waals surface area contributed by atoms with Gasteiger partial charge in [0.2, 0.25) is 0 Å². The van der Waals surface area contributed by atoms with E-state index < -0.39 is 5.97 Å². The van der Waals surface area contributed by atoms with E-state index >= 15 is 0 Å². The number of methoxy groups -OCH3 is 1. The number of rotatable bonds is 5. The first-order valence-electron chi connectivity index (χ1n) is 8.02. The van der Waals surface area contributed by atoms with Crippen LogP contribution < -0.4 is 10.1 Å². The second-order valence-corrected chi connectivity index (χ2v) is 5.71. The molecule has 0 spiro atoms. The minimum Gasteiger partial charge on any atom is -0.497 e. The van der Waals surface area contributed by atoms with Crippen molar-refractivity contribution in [2.24, 2.45) is 0 Å². The van der Waals surface area contributed by atoms with Crippen LogP contribution in [0.2, 0.25) is 0 Å². The summed E-state index contributed by atoms with van der Waals surface area (Å²) in [6.07, 6.45) is 4.01. The van der Waals surface area contributed by atoms with Gasteiger partial charge in [0.25, 0.3) is 0 Å². The van der Waals surface area contributed by atoms with Gasteiger partial charge in [-0.05, 0) is 30.5 Å². The SMILES string of the molecule is COc1ccc(C2CCCCCN2C(=O)NCCC(=O)O)cc1. The fraction of sp³-hybridized carbons (Fsp3) is 0.529. The maximum absolute atomic E-state index is 12.4. The molecule has 2 N–H and O–H groups in total. The third-order valence-electron chi connectivity index (χ3n) is 4.13. The van der Waals surface area contributed by atoms with Gasteiger partial charge in [0.05, 0.1) is 19.6 Å². The lowest BCUT2D eigenvalue weighted by atomic mass is 10.0. The Bertz CT molecular complexity index is 530. The van der Waals surface area contributed by atoms with Gasteiger partial charge in [-0.15, -0.1) is 0 Å². The Hall–Kier alpha value is -2.24. The van der Waals surface area contributed by atoms with Crippen LogP contribution in [0.3, 0.4) is 0 Å². The van der Waals surface area contributed by atoms with Crippen LogP contribution in [0.1, 0.15) is 43.7 Å². The Morgan fingerprint density at radius 1 is 1.26 bits per heavy atom. The van der Waals surface area contributed by atoms with E-state index in [1.165, 1.54) is 0 Å². The first-order valence-corrected chi connectivity index (χ1v) is 8.02. The minimum atomic E-state index is -0.909. The van der Waals surface area contributed by atoms with E-state index in [0.717, 1.165) is 37.0 Å². The zero-order valence-corrected chi connectivity index (χ0v) is 13.5. The number of ether oxygens (including phenoxy) is 1. The van der Waals surface area contributed by atoms with Crippen LogP contribution in [-0.4, -0.2) is 42.2 Å². The highest BCUT2D eigenvalue weighted by molar-refractivity contribution is 5.75. The maximum atomic E-state index is 12.4. The summed E-state index contributed by atoms with van der Waals surface area (Å²) < 4.78 is 5.18. The van der Waals surface area contributed by atoms with Crippen LogP contribution in [0.25, 0.3) is 0 Å². The molecule has 1 aliphatic rings. The van der Waals surface area contributed by atoms with Gasteiger partial charge in [-0.3, -0.25) is 4.79 Å². The van der Waals surface area contributed by atoms with Gasteiger partial charge in [0.1, 0.15) is 5.75 Å². The van der Waals surface area contributed by atoms with Gasteiger partial charge in [-0.25, -0.2) is 4.79 Å². The molecule has 0 radical (unpaired) electrons. The monoisotopic (exact) mass is 320 g/mol. The highest BCUT2D eigenvalue weighted by Gasteiger charge is 2.26. The number of benzene rings is 1. The smallest absolute Gasteiger partial charge is 0.317 e. The fourth-order valence-electron chi connectivity index (χ4n) is 2.90. The highest BCUT2D eigenvalue weighted by Crippen LogP contribution is 2.31. The predicted octanol–water partition coefficient (Wildman–Crippen LogP) is 2.80. The second-order valence-electron chi connectivity index (χ2n) is 5.71. The largest absolute Gasteiger partial charge is 0.497 e. The van der Waals surface area contributed by atoms with Crippen molar-refractivity contribution < 1.29 is 19.4 Å². The number of amides is 2. The lowest BCUT2D eigenvalue weighted by Crippen LogP contribution is -2.42. The maximum Gasteiger partial charge on any atom is 0.317 e. The molecule has 0 aromatic heterocycles. The Labute approximate surface area is 136 Å². The number of hydrogen-bond donors (Lipinski definition) is 2. The fourth-order valence-corrected chi connectivity index (χ4v) is 2.90. The molecule has 0 bridgehead atoms. The van der Waals surface area contributed by atoms with Gasteiger partial charge in [0, 0.05) is 13.1 Å². The van der Waals surface area contributed by atoms with Crippen LogP contribution >= 0.6 is 0 Å². The van der Waals surface area contributed by atoms with Crippen LogP contribution in [0.5, 0.6) is 5.75 Å². The van der Waals surface area contributed by atoms with Crippen LogP contribution in [0.15, 0.2) is 24.3 Å². The third-order valence-corrected chi connectivity index (χ3v) is 4.13. The van der Waals surface area contributed by atoms with Gasteiger partial charge in [0.15, 0.2) is 0 Å². The molecule has 6 nitrogen and oxygen atoms in total. The zero-order chi connectivity index (χ0) is 16.7. The first-order chi connectivity index (χ1) is 11.1. The molecule has 1 aromatic carbocycles. The number of urea groups is 1. The van der Waals surface area contributed by atoms with Gasteiger partial charge >= 0.3 is 12.0 Å². The molecule has 2 rings (SSSR count). The standard InChI is InChI=1S/C17H24N2O4/c1-23-14-8-6-13(7-9-14)15-5-3-2-4-12-19(15)17(22)18-11-10-16(20)21/h6-9,15H,2-5,10-12H2,1H3,(H,18,22)(H,20,21). The Morgan fingerprint density at radius 3 is 2.65 bits per heavy atom. The average Bonchev–Trinajstić information content (AvgIpc) is 2.80. The highest BCUT2D eigenvalue weighted by atomic mass is 16.5. The summed E-state index contributed by atoms with van der Waals surface area (Å²) >= 11 is 0. The summed E-state index contributed by atoms with van der Waals surface area (Å²) in [4.78, 5) is 24.8. The van der Waals surface area contributed by atoms with E-state index in [4.69, 9.17) is 9.84 Å². The number of hydrogen-bond acceptors (Lipinski definition) is 3. The molecule has 6 heteroatoms. The number of carbonyl (C=O) groups excluding carboxylic acids is 1. The van der Waals surface area contributed by atoms with Gasteiger partial charge < -0.3 is 20.1 Å².